The maximum atomic E-state index is 12.2. The minimum atomic E-state index is -1.97. The van der Waals surface area contributed by atoms with Crippen molar-refractivity contribution in [2.45, 2.75) is 5.54 Å². The summed E-state index contributed by atoms with van der Waals surface area (Å²) in [6.45, 7) is 0.246. The fourth-order valence-electron chi connectivity index (χ4n) is 2.61. The molecule has 0 atom stereocenters. The number of nitrogens with one attached hydrogen (secondary N) is 1. The quantitative estimate of drug-likeness (QED) is 0.289. The van der Waals surface area contributed by atoms with Gasteiger partial charge in [-0.2, -0.15) is 0 Å². The molecule has 2 aromatic carbocycles. The van der Waals surface area contributed by atoms with Crippen LogP contribution in [-0.2, 0) is 10.3 Å². The van der Waals surface area contributed by atoms with Crippen molar-refractivity contribution in [3.8, 4) is 11.5 Å². The highest BCUT2D eigenvalue weighted by Crippen LogP contribution is 2.41. The van der Waals surface area contributed by atoms with E-state index < -0.39 is 11.5 Å². The number of rotatable bonds is 6. The lowest BCUT2D eigenvalue weighted by Crippen LogP contribution is -2.51. The normalized spacial score (nSPS) is 11.4. The molecule has 8 nitrogen and oxygen atoms in total. The maximum absolute atomic E-state index is 12.2. The van der Waals surface area contributed by atoms with Crippen molar-refractivity contribution in [3.63, 3.8) is 0 Å². The van der Waals surface area contributed by atoms with Crippen molar-refractivity contribution in [1.29, 1.82) is 0 Å². The van der Waals surface area contributed by atoms with Crippen LogP contribution in [0.3, 0.4) is 0 Å². The number of phenols is 2. The van der Waals surface area contributed by atoms with Gasteiger partial charge in [-0.05, 0) is 36.4 Å². The van der Waals surface area contributed by atoms with Gasteiger partial charge in [0.05, 0.1) is 0 Å². The van der Waals surface area contributed by atoms with E-state index in [1.807, 2.05) is 0 Å². The molecule has 0 spiro atoms. The topological polar surface area (TPSA) is 168 Å². The molecule has 0 unspecified atom stereocenters. The number of anilines is 2. The predicted molar refractivity (Wildman–Crippen MR) is 90.5 cm³/mol. The van der Waals surface area contributed by atoms with Crippen molar-refractivity contribution >= 4 is 17.3 Å². The first kappa shape index (κ1) is 17.4. The number of hydrogen-bond donors (Lipinski definition) is 7. The fraction of sp³-hybridized carbons (Fsp3) is 0.188. The molecule has 0 aliphatic rings. The van der Waals surface area contributed by atoms with E-state index in [2.05, 4.69) is 5.32 Å². The first-order valence-corrected chi connectivity index (χ1v) is 7.19. The highest BCUT2D eigenvalue weighted by atomic mass is 16.4. The highest BCUT2D eigenvalue weighted by Gasteiger charge is 2.46. The molecule has 0 aliphatic carbocycles. The molecule has 2 aromatic rings. The van der Waals surface area contributed by atoms with Crippen LogP contribution in [0.2, 0.25) is 0 Å². The van der Waals surface area contributed by atoms with Crippen LogP contribution in [0.15, 0.2) is 36.4 Å². The van der Waals surface area contributed by atoms with Gasteiger partial charge >= 0.3 is 5.97 Å². The molecule has 0 aliphatic heterocycles. The Balaban J connectivity index is 2.84. The van der Waals surface area contributed by atoms with Gasteiger partial charge in [-0.3, -0.25) is 5.32 Å². The van der Waals surface area contributed by atoms with Crippen LogP contribution >= 0.6 is 0 Å². The zero-order valence-corrected chi connectivity index (χ0v) is 12.9. The summed E-state index contributed by atoms with van der Waals surface area (Å²) < 4.78 is 0. The van der Waals surface area contributed by atoms with Gasteiger partial charge in [0.2, 0.25) is 0 Å². The largest absolute Gasteiger partial charge is 0.508 e. The van der Waals surface area contributed by atoms with Crippen LogP contribution in [0.4, 0.5) is 11.4 Å². The van der Waals surface area contributed by atoms with E-state index in [0.29, 0.717) is 0 Å². The summed E-state index contributed by atoms with van der Waals surface area (Å²) in [5.41, 5.74) is 15.5. The lowest BCUT2D eigenvalue weighted by atomic mass is 9.81. The summed E-state index contributed by atoms with van der Waals surface area (Å²) in [6.07, 6.45) is 0. The third kappa shape index (κ3) is 2.92. The van der Waals surface area contributed by atoms with Gasteiger partial charge in [0, 0.05) is 35.6 Å². The Labute approximate surface area is 138 Å². The second kappa shape index (κ2) is 6.65. The van der Waals surface area contributed by atoms with Crippen LogP contribution in [0, 0.1) is 0 Å². The summed E-state index contributed by atoms with van der Waals surface area (Å²) in [4.78, 5) is 12.2. The number of nitrogen functional groups attached to an aromatic ring is 2. The molecule has 0 aromatic heterocycles. The summed E-state index contributed by atoms with van der Waals surface area (Å²) >= 11 is 0. The van der Waals surface area contributed by atoms with Crippen LogP contribution < -0.4 is 22.5 Å². The zero-order chi connectivity index (χ0) is 17.9. The van der Waals surface area contributed by atoms with Gasteiger partial charge < -0.3 is 32.5 Å². The third-order valence-electron chi connectivity index (χ3n) is 3.70. The van der Waals surface area contributed by atoms with Gasteiger partial charge in [-0.25, -0.2) is 4.79 Å². The molecule has 0 saturated heterocycles. The van der Waals surface area contributed by atoms with Crippen LogP contribution in [0.1, 0.15) is 11.1 Å². The average Bonchev–Trinajstić information content (AvgIpc) is 2.54. The molecule has 2 rings (SSSR count). The number of carboxylic acid groups (broad SMARTS) is 1. The Morgan fingerprint density at radius 2 is 1.46 bits per heavy atom. The van der Waals surface area contributed by atoms with Crippen LogP contribution in [0.5, 0.6) is 11.5 Å². The van der Waals surface area contributed by atoms with Gasteiger partial charge in [0.15, 0.2) is 5.54 Å². The summed E-state index contributed by atoms with van der Waals surface area (Å²) in [5.74, 6) is -1.94. The SMILES string of the molecule is NCCNC(C(=O)O)(c1cc(N)ccc1O)c1cc(N)ccc1O. The molecule has 0 fully saturated rings. The highest BCUT2D eigenvalue weighted by molar-refractivity contribution is 5.88. The second-order valence-electron chi connectivity index (χ2n) is 5.32. The monoisotopic (exact) mass is 332 g/mol. The number of nitrogens with two attached hydrogens (primary N) is 3. The van der Waals surface area contributed by atoms with Gasteiger partial charge in [0.25, 0.3) is 0 Å². The van der Waals surface area contributed by atoms with Crippen molar-refractivity contribution in [2.75, 3.05) is 24.6 Å². The van der Waals surface area contributed by atoms with E-state index in [9.17, 15) is 20.1 Å². The van der Waals surface area contributed by atoms with Crippen molar-refractivity contribution in [2.24, 2.45) is 5.73 Å². The first-order chi connectivity index (χ1) is 11.3. The summed E-state index contributed by atoms with van der Waals surface area (Å²) in [6, 6.07) is 8.11. The number of phenolic OH excluding ortho intramolecular Hbond substituents is 2. The van der Waals surface area contributed by atoms with Crippen LogP contribution in [0.25, 0.3) is 0 Å². The van der Waals surface area contributed by atoms with E-state index in [1.54, 1.807) is 0 Å². The Morgan fingerprint density at radius 1 is 1.00 bits per heavy atom. The molecule has 0 bridgehead atoms. The van der Waals surface area contributed by atoms with Crippen molar-refractivity contribution in [1.82, 2.24) is 5.32 Å². The maximum Gasteiger partial charge on any atom is 0.333 e. The van der Waals surface area contributed by atoms with E-state index >= 15 is 0 Å². The molecular formula is C16H20N4O4. The number of aromatic hydroxyl groups is 2. The minimum Gasteiger partial charge on any atom is -0.508 e. The van der Waals surface area contributed by atoms with E-state index in [-0.39, 0.29) is 47.1 Å². The lowest BCUT2D eigenvalue weighted by Gasteiger charge is -2.33. The standard InChI is InChI=1S/C16H20N4O4/c17-5-6-20-16(15(23)24,11-7-9(18)1-3-13(11)21)12-8-10(19)2-4-14(12)22/h1-4,7-8,20-22H,5-6,17-19H2,(H,23,24). The summed E-state index contributed by atoms with van der Waals surface area (Å²) in [5, 5.41) is 33.3. The number of hydrogen-bond acceptors (Lipinski definition) is 7. The average molecular weight is 332 g/mol. The van der Waals surface area contributed by atoms with Crippen molar-refractivity contribution < 1.29 is 20.1 Å². The molecule has 0 heterocycles. The Hall–Kier alpha value is -2.97. The molecule has 8 heteroatoms. The number of carbonyl (C=O) groups is 1. The fourth-order valence-corrected chi connectivity index (χ4v) is 2.61. The lowest BCUT2D eigenvalue weighted by molar-refractivity contribution is -0.143. The van der Waals surface area contributed by atoms with Crippen molar-refractivity contribution in [3.05, 3.63) is 47.5 Å². The first-order valence-electron chi connectivity index (χ1n) is 7.19. The molecular weight excluding hydrogens is 312 g/mol. The van der Waals surface area contributed by atoms with Gasteiger partial charge in [0.1, 0.15) is 11.5 Å². The minimum absolute atomic E-state index is 0.0237. The molecule has 24 heavy (non-hydrogen) atoms. The molecule has 10 N–H and O–H groups in total. The molecule has 0 radical (unpaired) electrons. The Bertz CT molecular complexity index is 712. The molecule has 128 valence electrons. The summed E-state index contributed by atoms with van der Waals surface area (Å²) in [7, 11) is 0. The molecule has 0 amide bonds. The Morgan fingerprint density at radius 3 is 1.83 bits per heavy atom. The second-order valence-corrected chi connectivity index (χ2v) is 5.32. The zero-order valence-electron chi connectivity index (χ0n) is 12.9. The van der Waals surface area contributed by atoms with Crippen LogP contribution in [-0.4, -0.2) is 34.4 Å². The van der Waals surface area contributed by atoms with Gasteiger partial charge in [-0.1, -0.05) is 0 Å². The van der Waals surface area contributed by atoms with Gasteiger partial charge in [-0.15, -0.1) is 0 Å². The number of benzene rings is 2. The van der Waals surface area contributed by atoms with E-state index in [4.69, 9.17) is 17.2 Å². The number of carboxylic acids is 1. The smallest absolute Gasteiger partial charge is 0.333 e. The van der Waals surface area contributed by atoms with E-state index in [1.165, 1.54) is 36.4 Å². The number of aliphatic carboxylic acids is 1. The predicted octanol–water partition coefficient (Wildman–Crippen LogP) is 0.139. The Kier molecular flexibility index (Phi) is 4.82. The molecule has 0 saturated carbocycles. The van der Waals surface area contributed by atoms with E-state index in [0.717, 1.165) is 0 Å². The third-order valence-corrected chi connectivity index (χ3v) is 3.70.